The first kappa shape index (κ1) is 18.0. The number of sulfonamides is 1. The van der Waals surface area contributed by atoms with Crippen molar-refractivity contribution in [3.8, 4) is 0 Å². The summed E-state index contributed by atoms with van der Waals surface area (Å²) >= 11 is 0. The van der Waals surface area contributed by atoms with E-state index in [9.17, 15) is 13.2 Å². The number of piperidine rings is 2. The van der Waals surface area contributed by atoms with E-state index in [0.29, 0.717) is 48.4 Å². The van der Waals surface area contributed by atoms with Crippen LogP contribution >= 0.6 is 0 Å². The lowest BCUT2D eigenvalue weighted by Gasteiger charge is -2.48. The minimum atomic E-state index is -3.57. The zero-order valence-electron chi connectivity index (χ0n) is 15.9. The van der Waals surface area contributed by atoms with Crippen LogP contribution in [0.3, 0.4) is 0 Å². The largest absolute Gasteiger partial charge is 0.339 e. The molecule has 0 unspecified atom stereocenters. The highest BCUT2D eigenvalue weighted by Gasteiger charge is 2.48. The Balaban J connectivity index is 1.61. The number of likely N-dealkylation sites (tertiary alicyclic amines) is 1. The molecule has 2 aliphatic heterocycles. The zero-order chi connectivity index (χ0) is 18.7. The van der Waals surface area contributed by atoms with Crippen molar-refractivity contribution in [3.63, 3.8) is 0 Å². The van der Waals surface area contributed by atoms with E-state index >= 15 is 0 Å². The summed E-state index contributed by atoms with van der Waals surface area (Å²) in [4.78, 5) is 14.7. The average molecular weight is 381 g/mol. The Kier molecular flexibility index (Phi) is 4.19. The molecule has 1 amide bonds. The van der Waals surface area contributed by atoms with Gasteiger partial charge in [0, 0.05) is 44.6 Å². The van der Waals surface area contributed by atoms with E-state index in [0.717, 1.165) is 32.1 Å². The molecule has 7 nitrogen and oxygen atoms in total. The molecule has 3 aliphatic rings. The van der Waals surface area contributed by atoms with Gasteiger partial charge in [-0.15, -0.1) is 0 Å². The normalized spacial score (nSPS) is 28.1. The molecule has 0 radical (unpaired) electrons. The second kappa shape index (κ2) is 6.05. The fourth-order valence-electron chi connectivity index (χ4n) is 4.72. The maximum Gasteiger partial charge on any atom is 0.246 e. The standard InChI is InChI=1S/C18H28N4O3S/c1-13-17(14(2)20(3)19-13)26(24,25)21-10-4-8-18(11-21)9-7-16(23)22(12-18)15-5-6-15/h15H,4-12H2,1-3H3/t18-/m1/s1. The van der Waals surface area contributed by atoms with Gasteiger partial charge in [0.25, 0.3) is 0 Å². The summed E-state index contributed by atoms with van der Waals surface area (Å²) in [5.41, 5.74) is 1.15. The molecule has 4 rings (SSSR count). The molecule has 1 aliphatic carbocycles. The summed E-state index contributed by atoms with van der Waals surface area (Å²) in [6, 6.07) is 0.398. The molecule has 1 aromatic rings. The molecule has 1 aromatic heterocycles. The number of hydrogen-bond donors (Lipinski definition) is 0. The van der Waals surface area contributed by atoms with Gasteiger partial charge in [0.15, 0.2) is 0 Å². The van der Waals surface area contributed by atoms with E-state index in [1.165, 1.54) is 0 Å². The number of aryl methyl sites for hydroxylation is 2. The highest BCUT2D eigenvalue weighted by atomic mass is 32.2. The summed E-state index contributed by atoms with van der Waals surface area (Å²) < 4.78 is 30.0. The number of aromatic nitrogens is 2. The van der Waals surface area contributed by atoms with Gasteiger partial charge in [-0.2, -0.15) is 9.40 Å². The van der Waals surface area contributed by atoms with E-state index in [1.807, 2.05) is 4.90 Å². The molecular formula is C18H28N4O3S. The molecule has 0 N–H and O–H groups in total. The molecule has 144 valence electrons. The van der Waals surface area contributed by atoms with Crippen molar-refractivity contribution in [1.82, 2.24) is 19.0 Å². The first-order valence-electron chi connectivity index (χ1n) is 9.53. The first-order chi connectivity index (χ1) is 12.2. The van der Waals surface area contributed by atoms with Crippen LogP contribution in [0.15, 0.2) is 4.90 Å². The van der Waals surface area contributed by atoms with E-state index in [2.05, 4.69) is 5.10 Å². The summed E-state index contributed by atoms with van der Waals surface area (Å²) in [5, 5.41) is 4.29. The minimum absolute atomic E-state index is 0.0914. The minimum Gasteiger partial charge on any atom is -0.339 e. The van der Waals surface area contributed by atoms with E-state index < -0.39 is 10.0 Å². The number of hydrogen-bond acceptors (Lipinski definition) is 4. The number of carbonyl (C=O) groups excluding carboxylic acids is 1. The van der Waals surface area contributed by atoms with Gasteiger partial charge >= 0.3 is 0 Å². The van der Waals surface area contributed by atoms with Crippen molar-refractivity contribution < 1.29 is 13.2 Å². The fourth-order valence-corrected chi connectivity index (χ4v) is 6.71. The predicted octanol–water partition coefficient (Wildman–Crippen LogP) is 1.59. The molecule has 8 heteroatoms. The van der Waals surface area contributed by atoms with E-state index in [1.54, 1.807) is 29.9 Å². The molecule has 3 heterocycles. The molecule has 3 fully saturated rings. The van der Waals surface area contributed by atoms with Gasteiger partial charge in [-0.1, -0.05) is 0 Å². The smallest absolute Gasteiger partial charge is 0.246 e. The van der Waals surface area contributed by atoms with Crippen LogP contribution in [0.1, 0.15) is 49.9 Å². The van der Waals surface area contributed by atoms with E-state index in [4.69, 9.17) is 0 Å². The monoisotopic (exact) mass is 380 g/mol. The van der Waals surface area contributed by atoms with Crippen LogP contribution in [-0.4, -0.2) is 59.0 Å². The summed E-state index contributed by atoms with van der Waals surface area (Å²) in [6.45, 7) is 5.34. The molecule has 1 saturated carbocycles. The SMILES string of the molecule is Cc1nn(C)c(C)c1S(=O)(=O)N1CCC[C@@]2(CCC(=O)N(C3CC3)C2)C1. The molecule has 26 heavy (non-hydrogen) atoms. The van der Waals surface area contributed by atoms with Crippen LogP contribution in [0, 0.1) is 19.3 Å². The Hall–Kier alpha value is -1.41. The molecule has 1 atom stereocenters. The maximum absolute atomic E-state index is 13.4. The van der Waals surface area contributed by atoms with Crippen molar-refractivity contribution >= 4 is 15.9 Å². The number of nitrogens with zero attached hydrogens (tertiary/aromatic N) is 4. The number of carbonyl (C=O) groups is 1. The van der Waals surface area contributed by atoms with Gasteiger partial charge in [-0.25, -0.2) is 8.42 Å². The highest BCUT2D eigenvalue weighted by molar-refractivity contribution is 7.89. The van der Waals surface area contributed by atoms with Crippen LogP contribution in [0.25, 0.3) is 0 Å². The molecular weight excluding hydrogens is 352 g/mol. The maximum atomic E-state index is 13.4. The Bertz CT molecular complexity index is 843. The van der Waals surface area contributed by atoms with Gasteiger partial charge in [0.05, 0.1) is 11.4 Å². The lowest BCUT2D eigenvalue weighted by atomic mass is 9.74. The lowest BCUT2D eigenvalue weighted by Crippen LogP contribution is -2.55. The highest BCUT2D eigenvalue weighted by Crippen LogP contribution is 2.43. The van der Waals surface area contributed by atoms with Crippen LogP contribution in [-0.2, 0) is 21.9 Å². The third-order valence-electron chi connectivity index (χ3n) is 6.35. The zero-order valence-corrected chi connectivity index (χ0v) is 16.7. The molecule has 2 saturated heterocycles. The Morgan fingerprint density at radius 3 is 2.50 bits per heavy atom. The first-order valence-corrected chi connectivity index (χ1v) is 11.0. The van der Waals surface area contributed by atoms with E-state index in [-0.39, 0.29) is 11.3 Å². The van der Waals surface area contributed by atoms with Gasteiger partial charge in [0.2, 0.25) is 15.9 Å². The molecule has 1 spiro atoms. The van der Waals surface area contributed by atoms with Crippen molar-refractivity contribution in [1.29, 1.82) is 0 Å². The van der Waals surface area contributed by atoms with Crippen molar-refractivity contribution in [2.45, 2.75) is 63.3 Å². The second-order valence-electron chi connectivity index (χ2n) is 8.32. The third-order valence-corrected chi connectivity index (χ3v) is 8.45. The van der Waals surface area contributed by atoms with Crippen LogP contribution < -0.4 is 0 Å². The fraction of sp³-hybridized carbons (Fsp3) is 0.778. The topological polar surface area (TPSA) is 75.5 Å². The number of amides is 1. The van der Waals surface area contributed by atoms with Gasteiger partial charge < -0.3 is 4.90 Å². The van der Waals surface area contributed by atoms with Crippen molar-refractivity contribution in [2.24, 2.45) is 12.5 Å². The average Bonchev–Trinajstić information content (AvgIpc) is 3.38. The molecule has 0 aromatic carbocycles. The summed E-state index contributed by atoms with van der Waals surface area (Å²) in [6.07, 6.45) is 5.39. The summed E-state index contributed by atoms with van der Waals surface area (Å²) in [5.74, 6) is 0.247. The Morgan fingerprint density at radius 2 is 1.88 bits per heavy atom. The molecule has 0 bridgehead atoms. The second-order valence-corrected chi connectivity index (χ2v) is 10.2. The van der Waals surface area contributed by atoms with Crippen LogP contribution in [0.2, 0.25) is 0 Å². The number of rotatable bonds is 3. The summed E-state index contributed by atoms with van der Waals surface area (Å²) in [7, 11) is -1.79. The van der Waals surface area contributed by atoms with Crippen molar-refractivity contribution in [3.05, 3.63) is 11.4 Å². The quantitative estimate of drug-likeness (QED) is 0.798. The third kappa shape index (κ3) is 2.87. The van der Waals surface area contributed by atoms with Crippen LogP contribution in [0.4, 0.5) is 0 Å². The van der Waals surface area contributed by atoms with Gasteiger partial charge in [0.1, 0.15) is 4.90 Å². The van der Waals surface area contributed by atoms with Gasteiger partial charge in [-0.3, -0.25) is 9.48 Å². The Labute approximate surface area is 155 Å². The van der Waals surface area contributed by atoms with Crippen LogP contribution in [0.5, 0.6) is 0 Å². The predicted molar refractivity (Wildman–Crippen MR) is 97.1 cm³/mol. The Morgan fingerprint density at radius 1 is 1.15 bits per heavy atom. The lowest BCUT2D eigenvalue weighted by molar-refractivity contribution is -0.139. The van der Waals surface area contributed by atoms with Crippen molar-refractivity contribution in [2.75, 3.05) is 19.6 Å². The van der Waals surface area contributed by atoms with Gasteiger partial charge in [-0.05, 0) is 46.0 Å².